The first-order valence-corrected chi connectivity index (χ1v) is 1.80. The van der Waals surface area contributed by atoms with Crippen LogP contribution in [0.15, 0.2) is 4.79 Å². The summed E-state index contributed by atoms with van der Waals surface area (Å²) < 4.78 is 1.17. The smallest absolute Gasteiger partial charge is 0.215 e. The van der Waals surface area contributed by atoms with E-state index in [-0.39, 0.29) is 5.69 Å². The molecule has 0 radical (unpaired) electrons. The molecule has 0 saturated heterocycles. The summed E-state index contributed by atoms with van der Waals surface area (Å²) in [5.41, 5.74) is -0.236. The Morgan fingerprint density at radius 2 is 2.71 bits per heavy atom. The lowest BCUT2D eigenvalue weighted by Gasteiger charge is -1.60. The third-order valence-corrected chi connectivity index (χ3v) is 0.657. The number of aryl methyl sites for hydroxylation is 1. The molecule has 0 aliphatic carbocycles. The van der Waals surface area contributed by atoms with Gasteiger partial charge in [-0.15, -0.1) is 5.10 Å². The zero-order chi connectivity index (χ0) is 5.28. The zero-order valence-corrected chi connectivity index (χ0v) is 3.80. The maximum Gasteiger partial charge on any atom is 0.465 e. The van der Waals surface area contributed by atoms with E-state index in [9.17, 15) is 4.79 Å². The lowest BCUT2D eigenvalue weighted by atomic mass is 11.2. The minimum absolute atomic E-state index is 0.236. The Bertz CT molecular complexity index is 197. The van der Waals surface area contributed by atoms with Crippen molar-refractivity contribution in [2.45, 2.75) is 0 Å². The highest BCUT2D eigenvalue weighted by atomic mass is 16.2. The fourth-order valence-electron chi connectivity index (χ4n) is 0.274. The highest BCUT2D eigenvalue weighted by Gasteiger charge is 1.93. The number of hydrogen-bond acceptors (Lipinski definition) is 2. The summed E-state index contributed by atoms with van der Waals surface area (Å²) in [6, 6.07) is 0. The van der Waals surface area contributed by atoms with E-state index in [1.807, 2.05) is 0 Å². The van der Waals surface area contributed by atoms with Crippen molar-refractivity contribution in [1.82, 2.24) is 15.0 Å². The maximum atomic E-state index is 10.2. The molecule has 7 heavy (non-hydrogen) atoms. The van der Waals surface area contributed by atoms with Crippen LogP contribution in [0.3, 0.4) is 0 Å². The minimum atomic E-state index is -0.236. The first-order valence-electron chi connectivity index (χ1n) is 1.80. The molecular weight excluding hydrogens is 96.0 g/mol. The second-order valence-electron chi connectivity index (χ2n) is 1.17. The van der Waals surface area contributed by atoms with Crippen molar-refractivity contribution < 1.29 is 5.21 Å². The van der Waals surface area contributed by atoms with Gasteiger partial charge in [-0.1, -0.05) is 9.90 Å². The Morgan fingerprint density at radius 1 is 2.00 bits per heavy atom. The molecule has 1 heterocycles. The van der Waals surface area contributed by atoms with E-state index in [0.29, 0.717) is 0 Å². The van der Waals surface area contributed by atoms with E-state index in [0.717, 1.165) is 0 Å². The van der Waals surface area contributed by atoms with Crippen molar-refractivity contribution in [3.05, 3.63) is 10.5 Å². The standard InChI is InChI=1S/C2H4N4O/c1-6-2(7)3-4-5-6/h1H3,(H,3,5,7)/p+1. The number of H-pyrrole nitrogens is 2. The van der Waals surface area contributed by atoms with Crippen LogP contribution in [0.4, 0.5) is 0 Å². The molecule has 1 aromatic heterocycles. The summed E-state index contributed by atoms with van der Waals surface area (Å²) in [5, 5.41) is 7.95. The largest absolute Gasteiger partial charge is 0.465 e. The molecule has 0 amide bonds. The van der Waals surface area contributed by atoms with Gasteiger partial charge in [0.1, 0.15) is 12.3 Å². The second kappa shape index (κ2) is 1.18. The molecule has 0 spiro atoms. The Labute approximate surface area is 38.9 Å². The van der Waals surface area contributed by atoms with Gasteiger partial charge in [0.2, 0.25) is 0 Å². The van der Waals surface area contributed by atoms with E-state index in [4.69, 9.17) is 0 Å². The van der Waals surface area contributed by atoms with Crippen LogP contribution in [-0.2, 0) is 7.05 Å². The second-order valence-corrected chi connectivity index (χ2v) is 1.17. The van der Waals surface area contributed by atoms with Gasteiger partial charge in [-0.3, -0.25) is 0 Å². The van der Waals surface area contributed by atoms with Crippen molar-refractivity contribution in [3.63, 3.8) is 0 Å². The third-order valence-electron chi connectivity index (χ3n) is 0.657. The van der Waals surface area contributed by atoms with Crippen LogP contribution in [0.25, 0.3) is 0 Å². The van der Waals surface area contributed by atoms with E-state index in [1.54, 1.807) is 7.05 Å². The molecule has 0 aliphatic heterocycles. The van der Waals surface area contributed by atoms with E-state index in [1.165, 1.54) is 4.68 Å². The number of nitrogens with one attached hydrogen (secondary N) is 2. The van der Waals surface area contributed by atoms with Gasteiger partial charge in [0.15, 0.2) is 0 Å². The van der Waals surface area contributed by atoms with Crippen molar-refractivity contribution >= 4 is 0 Å². The van der Waals surface area contributed by atoms with Gasteiger partial charge in [-0.2, -0.15) is 0 Å². The Balaban J connectivity index is 3.39. The van der Waals surface area contributed by atoms with Crippen molar-refractivity contribution in [3.8, 4) is 0 Å². The number of nitrogens with zero attached hydrogens (tertiary/aromatic N) is 2. The molecule has 0 atom stereocenters. The van der Waals surface area contributed by atoms with Crippen LogP contribution in [0, 0.1) is 0 Å². The Kier molecular flexibility index (Phi) is 0.680. The van der Waals surface area contributed by atoms with Crippen molar-refractivity contribution in [2.24, 2.45) is 7.05 Å². The molecule has 0 aromatic carbocycles. The van der Waals surface area contributed by atoms with E-state index >= 15 is 0 Å². The SMILES string of the molecule is Cn1n[nH+][nH]c1=O. The van der Waals surface area contributed by atoms with Crippen LogP contribution in [0.5, 0.6) is 0 Å². The van der Waals surface area contributed by atoms with Crippen molar-refractivity contribution in [1.29, 1.82) is 0 Å². The lowest BCUT2D eigenvalue weighted by Crippen LogP contribution is -2.13. The van der Waals surface area contributed by atoms with E-state index in [2.05, 4.69) is 15.5 Å². The first-order chi connectivity index (χ1) is 3.30. The molecule has 1 aromatic rings. The number of aromatic nitrogens is 4. The maximum absolute atomic E-state index is 10.2. The molecule has 0 fully saturated rings. The third kappa shape index (κ3) is 0.510. The molecule has 0 unspecified atom stereocenters. The lowest BCUT2D eigenvalue weighted by molar-refractivity contribution is -0.524. The highest BCUT2D eigenvalue weighted by Crippen LogP contribution is 1.40. The monoisotopic (exact) mass is 101 g/mol. The average Bonchev–Trinajstić information content (AvgIpc) is 1.91. The number of tetrazole rings is 1. The molecule has 38 valence electrons. The number of hydrogen-bond donors (Lipinski definition) is 1. The summed E-state index contributed by atoms with van der Waals surface area (Å²) in [6.45, 7) is 0. The zero-order valence-electron chi connectivity index (χ0n) is 3.80. The van der Waals surface area contributed by atoms with Crippen molar-refractivity contribution in [2.75, 3.05) is 0 Å². The van der Waals surface area contributed by atoms with Gasteiger partial charge in [0.05, 0.1) is 0 Å². The van der Waals surface area contributed by atoms with Crippen LogP contribution in [0.2, 0.25) is 0 Å². The van der Waals surface area contributed by atoms with Crippen LogP contribution >= 0.6 is 0 Å². The molecule has 0 aliphatic rings. The highest BCUT2D eigenvalue weighted by molar-refractivity contribution is 4.39. The van der Waals surface area contributed by atoms with Gasteiger partial charge in [-0.25, -0.2) is 4.79 Å². The molecule has 5 heteroatoms. The summed E-state index contributed by atoms with van der Waals surface area (Å²) >= 11 is 0. The van der Waals surface area contributed by atoms with Crippen LogP contribution in [-0.4, -0.2) is 15.0 Å². The van der Waals surface area contributed by atoms with Crippen LogP contribution < -0.4 is 10.9 Å². The van der Waals surface area contributed by atoms with Gasteiger partial charge < -0.3 is 0 Å². The quantitative estimate of drug-likeness (QED) is 0.407. The Hall–Kier alpha value is -1.13. The molecule has 0 bridgehead atoms. The first kappa shape index (κ1) is 4.04. The molecule has 5 nitrogen and oxygen atoms in total. The minimum Gasteiger partial charge on any atom is -0.215 e. The summed E-state index contributed by atoms with van der Waals surface area (Å²) in [5.74, 6) is 0. The predicted octanol–water partition coefficient (Wildman–Crippen LogP) is -2.08. The van der Waals surface area contributed by atoms with E-state index < -0.39 is 0 Å². The summed E-state index contributed by atoms with van der Waals surface area (Å²) in [4.78, 5) is 10.2. The summed E-state index contributed by atoms with van der Waals surface area (Å²) in [7, 11) is 1.55. The van der Waals surface area contributed by atoms with Gasteiger partial charge in [-0.05, 0) is 0 Å². The van der Waals surface area contributed by atoms with Gasteiger partial charge in [0.25, 0.3) is 0 Å². The molecule has 2 N–H and O–H groups in total. The fourth-order valence-corrected chi connectivity index (χ4v) is 0.274. The fraction of sp³-hybridized carbons (Fsp3) is 0.500. The van der Waals surface area contributed by atoms with Gasteiger partial charge >= 0.3 is 5.69 Å². The summed E-state index contributed by atoms with van der Waals surface area (Å²) in [6.07, 6.45) is 0. The van der Waals surface area contributed by atoms with Gasteiger partial charge in [0, 0.05) is 0 Å². The Morgan fingerprint density at radius 3 is 2.86 bits per heavy atom. The number of rotatable bonds is 0. The average molecular weight is 101 g/mol. The molecule has 1 rings (SSSR count). The topological polar surface area (TPSA) is 64.8 Å². The molecule has 0 saturated carbocycles. The molecular formula is C2H5N4O+. The predicted molar refractivity (Wildman–Crippen MR) is 20.4 cm³/mol. The number of aromatic amines is 2. The normalized spacial score (nSPS) is 9.29. The van der Waals surface area contributed by atoms with Crippen LogP contribution in [0.1, 0.15) is 0 Å².